The highest BCUT2D eigenvalue weighted by Gasteiger charge is 2.22. The summed E-state index contributed by atoms with van der Waals surface area (Å²) < 4.78 is 2.15. The van der Waals surface area contributed by atoms with Gasteiger partial charge in [0.2, 0.25) is 0 Å². The van der Waals surface area contributed by atoms with Crippen LogP contribution in [0.15, 0.2) is 35.6 Å². The molecule has 3 heterocycles. The van der Waals surface area contributed by atoms with Crippen LogP contribution in [0.3, 0.4) is 0 Å². The van der Waals surface area contributed by atoms with Crippen molar-refractivity contribution in [2.75, 3.05) is 11.6 Å². The molecule has 25 heavy (non-hydrogen) atoms. The Morgan fingerprint density at radius 2 is 2.00 bits per heavy atom. The van der Waals surface area contributed by atoms with Crippen LogP contribution in [0.2, 0.25) is 0 Å². The van der Waals surface area contributed by atoms with Gasteiger partial charge in [0.1, 0.15) is 5.82 Å². The number of aromatic nitrogens is 2. The van der Waals surface area contributed by atoms with Crippen LogP contribution >= 0.6 is 0 Å². The molecule has 1 atom stereocenters. The molecule has 0 saturated heterocycles. The molecule has 0 bridgehead atoms. The highest BCUT2D eigenvalue weighted by Crippen LogP contribution is 2.20. The van der Waals surface area contributed by atoms with E-state index in [2.05, 4.69) is 26.2 Å². The van der Waals surface area contributed by atoms with Gasteiger partial charge in [-0.3, -0.25) is 9.80 Å². The third-order valence-electron chi connectivity index (χ3n) is 4.85. The number of nitrogens with zero attached hydrogens (tertiary/aromatic N) is 4. The average molecular weight is 337 g/mol. The van der Waals surface area contributed by atoms with Crippen LogP contribution < -0.4 is 10.3 Å². The minimum atomic E-state index is -0.0158. The first kappa shape index (κ1) is 15.9. The van der Waals surface area contributed by atoms with Gasteiger partial charge in [-0.2, -0.15) is 5.10 Å². The Bertz CT molecular complexity index is 821. The molecule has 2 aliphatic heterocycles. The minimum Gasteiger partial charge on any atom is -0.347 e. The summed E-state index contributed by atoms with van der Waals surface area (Å²) in [7, 11) is 0. The lowest BCUT2D eigenvalue weighted by Gasteiger charge is -2.24. The zero-order valence-corrected chi connectivity index (χ0v) is 14.7. The summed E-state index contributed by atoms with van der Waals surface area (Å²) in [4.78, 5) is 17.0. The number of nitrogens with one attached hydrogen (secondary N) is 1. The lowest BCUT2D eigenvalue weighted by molar-refractivity contribution is 0.0927. The molecule has 2 aromatic rings. The smallest absolute Gasteiger partial charge is 0.251 e. The molecule has 4 rings (SSSR count). The number of amides is 1. The second-order valence-corrected chi connectivity index (χ2v) is 6.92. The van der Waals surface area contributed by atoms with Crippen LogP contribution in [0.1, 0.15) is 41.6 Å². The molecule has 1 aromatic carbocycles. The summed E-state index contributed by atoms with van der Waals surface area (Å²) in [5.41, 5.74) is 3.91. The first-order chi connectivity index (χ1) is 12.1. The van der Waals surface area contributed by atoms with Crippen molar-refractivity contribution in [2.45, 2.75) is 45.7 Å². The van der Waals surface area contributed by atoms with Gasteiger partial charge in [0.25, 0.3) is 5.91 Å². The fourth-order valence-electron chi connectivity index (χ4n) is 3.52. The number of anilines is 1. The number of hydrogen-bond donors (Lipinski definition) is 1. The van der Waals surface area contributed by atoms with Crippen molar-refractivity contribution < 1.29 is 4.79 Å². The monoisotopic (exact) mass is 337 g/mol. The second-order valence-electron chi connectivity index (χ2n) is 6.92. The largest absolute Gasteiger partial charge is 0.347 e. The number of carbonyl (C=O) groups excluding carboxylic acids is 1. The van der Waals surface area contributed by atoms with Gasteiger partial charge < -0.3 is 9.88 Å². The number of fused-ring (bicyclic) bond motifs is 1. The average Bonchev–Trinajstić information content (AvgIpc) is 3.19. The molecule has 6 nitrogen and oxygen atoms in total. The molecule has 0 radical (unpaired) electrons. The third-order valence-corrected chi connectivity index (χ3v) is 4.85. The molecule has 1 amide bonds. The predicted molar refractivity (Wildman–Crippen MR) is 98.1 cm³/mol. The van der Waals surface area contributed by atoms with Crippen molar-refractivity contribution in [2.24, 2.45) is 5.10 Å². The van der Waals surface area contributed by atoms with E-state index in [0.717, 1.165) is 55.3 Å². The predicted octanol–water partition coefficient (Wildman–Crippen LogP) is 2.52. The first-order valence-corrected chi connectivity index (χ1v) is 8.84. The number of benzene rings is 1. The van der Waals surface area contributed by atoms with Crippen LogP contribution in [-0.2, 0) is 13.0 Å². The van der Waals surface area contributed by atoms with Crippen LogP contribution in [0.25, 0.3) is 0 Å². The van der Waals surface area contributed by atoms with Gasteiger partial charge >= 0.3 is 0 Å². The maximum Gasteiger partial charge on any atom is 0.251 e. The number of hydrazone groups is 1. The number of aryl methyl sites for hydroxylation is 2. The molecule has 1 N–H and O–H groups in total. The summed E-state index contributed by atoms with van der Waals surface area (Å²) >= 11 is 0. The summed E-state index contributed by atoms with van der Waals surface area (Å²) in [6.07, 6.45) is 4.90. The van der Waals surface area contributed by atoms with Crippen molar-refractivity contribution in [1.82, 2.24) is 14.9 Å². The topological polar surface area (TPSA) is 62.5 Å². The minimum absolute atomic E-state index is 0.0158. The van der Waals surface area contributed by atoms with E-state index in [1.165, 1.54) is 0 Å². The Labute approximate surface area is 147 Å². The van der Waals surface area contributed by atoms with Gasteiger partial charge in [0.05, 0.1) is 11.4 Å². The van der Waals surface area contributed by atoms with E-state index < -0.39 is 0 Å². The lowest BCUT2D eigenvalue weighted by Crippen LogP contribution is -2.40. The number of imidazole rings is 1. The maximum absolute atomic E-state index is 12.5. The van der Waals surface area contributed by atoms with Crippen molar-refractivity contribution in [3.63, 3.8) is 0 Å². The van der Waals surface area contributed by atoms with Gasteiger partial charge in [-0.25, -0.2) is 4.98 Å². The maximum atomic E-state index is 12.5. The number of carbonyl (C=O) groups is 1. The van der Waals surface area contributed by atoms with Crippen molar-refractivity contribution in [3.8, 4) is 0 Å². The van der Waals surface area contributed by atoms with Crippen molar-refractivity contribution in [3.05, 3.63) is 47.5 Å². The van der Waals surface area contributed by atoms with E-state index in [0.29, 0.717) is 5.56 Å². The molecule has 0 unspecified atom stereocenters. The summed E-state index contributed by atoms with van der Waals surface area (Å²) in [5, 5.41) is 9.63. The zero-order chi connectivity index (χ0) is 17.4. The SMILES string of the molecule is CC1=NN(c2ccc(C(=O)N[C@H]3CCc4nc(C)cn4C3)cc2)CC1. The standard InChI is InChI=1S/C19H23N5O/c1-13-9-10-24(22-13)17-6-3-15(4-7-17)19(25)21-16-5-8-18-20-14(2)11-23(18)12-16/h3-4,6-7,11,16H,5,8-10,12H2,1-2H3,(H,21,25)/t16-/m0/s1. The molecule has 0 aliphatic carbocycles. The summed E-state index contributed by atoms with van der Waals surface area (Å²) in [6.45, 7) is 5.75. The van der Waals surface area contributed by atoms with Crippen LogP contribution in [0.5, 0.6) is 0 Å². The molecular formula is C19H23N5O. The molecule has 130 valence electrons. The van der Waals surface area contributed by atoms with Gasteiger partial charge in [0, 0.05) is 49.4 Å². The van der Waals surface area contributed by atoms with E-state index in [-0.39, 0.29) is 11.9 Å². The summed E-state index contributed by atoms with van der Waals surface area (Å²) in [5.74, 6) is 1.10. The highest BCUT2D eigenvalue weighted by molar-refractivity contribution is 5.94. The Balaban J connectivity index is 1.40. The Kier molecular flexibility index (Phi) is 4.03. The molecular weight excluding hydrogens is 314 g/mol. The van der Waals surface area contributed by atoms with Crippen LogP contribution in [-0.4, -0.2) is 33.8 Å². The van der Waals surface area contributed by atoms with Crippen LogP contribution in [0.4, 0.5) is 5.69 Å². The van der Waals surface area contributed by atoms with Gasteiger partial charge in [-0.15, -0.1) is 0 Å². The lowest BCUT2D eigenvalue weighted by atomic mass is 10.1. The van der Waals surface area contributed by atoms with E-state index >= 15 is 0 Å². The fourth-order valence-corrected chi connectivity index (χ4v) is 3.52. The van der Waals surface area contributed by atoms with Gasteiger partial charge in [0.15, 0.2) is 0 Å². The quantitative estimate of drug-likeness (QED) is 0.936. The van der Waals surface area contributed by atoms with Gasteiger partial charge in [-0.05, 0) is 44.5 Å². The molecule has 0 saturated carbocycles. The van der Waals surface area contributed by atoms with E-state index in [1.54, 1.807) is 0 Å². The molecule has 6 heteroatoms. The highest BCUT2D eigenvalue weighted by atomic mass is 16.1. The van der Waals surface area contributed by atoms with Crippen molar-refractivity contribution >= 4 is 17.3 Å². The molecule has 0 fully saturated rings. The summed E-state index contributed by atoms with van der Waals surface area (Å²) in [6, 6.07) is 7.84. The second kappa shape index (κ2) is 6.35. The normalized spacial score (nSPS) is 19.5. The molecule has 1 aromatic heterocycles. The first-order valence-electron chi connectivity index (χ1n) is 8.84. The molecule has 2 aliphatic rings. The van der Waals surface area contributed by atoms with Crippen molar-refractivity contribution in [1.29, 1.82) is 0 Å². The van der Waals surface area contributed by atoms with E-state index in [4.69, 9.17) is 0 Å². The fraction of sp³-hybridized carbons (Fsp3) is 0.421. The Hall–Kier alpha value is -2.63. The van der Waals surface area contributed by atoms with Gasteiger partial charge in [-0.1, -0.05) is 0 Å². The Morgan fingerprint density at radius 1 is 1.20 bits per heavy atom. The van der Waals surface area contributed by atoms with E-state index in [9.17, 15) is 4.79 Å². The third kappa shape index (κ3) is 3.29. The number of hydrogen-bond acceptors (Lipinski definition) is 4. The van der Waals surface area contributed by atoms with Crippen LogP contribution in [0, 0.1) is 6.92 Å². The molecule has 0 spiro atoms. The Morgan fingerprint density at radius 3 is 2.72 bits per heavy atom. The number of rotatable bonds is 3. The van der Waals surface area contributed by atoms with E-state index in [1.807, 2.05) is 43.1 Å². The zero-order valence-electron chi connectivity index (χ0n) is 14.7.